The number of methoxy groups -OCH3 is 1. The van der Waals surface area contributed by atoms with E-state index >= 15 is 0 Å². The Kier molecular flexibility index (Phi) is 7.99. The van der Waals surface area contributed by atoms with Crippen LogP contribution in [0.15, 0.2) is 24.3 Å². The van der Waals surface area contributed by atoms with Crippen LogP contribution >= 0.6 is 23.4 Å². The van der Waals surface area contributed by atoms with Gasteiger partial charge in [-0.3, -0.25) is 24.2 Å². The van der Waals surface area contributed by atoms with Gasteiger partial charge in [0.1, 0.15) is 0 Å². The highest BCUT2D eigenvalue weighted by Crippen LogP contribution is 2.43. The van der Waals surface area contributed by atoms with Gasteiger partial charge in [-0.15, -0.1) is 0 Å². The molecule has 0 spiro atoms. The Labute approximate surface area is 204 Å². The monoisotopic (exact) mass is 493 g/mol. The maximum absolute atomic E-state index is 13.6. The van der Waals surface area contributed by atoms with Crippen LogP contribution in [0, 0.1) is 0 Å². The van der Waals surface area contributed by atoms with E-state index in [4.69, 9.17) is 16.3 Å². The highest BCUT2D eigenvalue weighted by atomic mass is 35.5. The molecule has 0 unspecified atom stereocenters. The van der Waals surface area contributed by atoms with Crippen molar-refractivity contribution >= 4 is 41.1 Å². The number of hydrogen-bond donors (Lipinski definition) is 0. The molecular weight excluding hydrogens is 462 g/mol. The van der Waals surface area contributed by atoms with Gasteiger partial charge >= 0.3 is 0 Å². The Morgan fingerprint density at radius 3 is 2.52 bits per heavy atom. The van der Waals surface area contributed by atoms with Crippen molar-refractivity contribution in [1.82, 2.24) is 14.7 Å². The number of hydrogen-bond acceptors (Lipinski definition) is 6. The van der Waals surface area contributed by atoms with E-state index in [9.17, 15) is 14.4 Å². The fraction of sp³-hybridized carbons (Fsp3) is 0.625. The average molecular weight is 494 g/mol. The highest BCUT2D eigenvalue weighted by Gasteiger charge is 2.54. The molecule has 1 aromatic rings. The van der Waals surface area contributed by atoms with Crippen molar-refractivity contribution in [2.75, 3.05) is 57.9 Å². The van der Waals surface area contributed by atoms with Crippen molar-refractivity contribution in [3.05, 3.63) is 34.9 Å². The van der Waals surface area contributed by atoms with E-state index < -0.39 is 5.41 Å². The molecule has 3 aliphatic rings. The average Bonchev–Trinajstić information content (AvgIpc) is 3.07. The lowest BCUT2D eigenvalue weighted by atomic mass is 9.75. The van der Waals surface area contributed by atoms with Crippen LogP contribution in [0.1, 0.15) is 31.2 Å². The quantitative estimate of drug-likeness (QED) is 0.543. The minimum Gasteiger partial charge on any atom is -0.383 e. The molecule has 3 saturated heterocycles. The number of benzene rings is 1. The number of likely N-dealkylation sites (tertiary alicyclic amines) is 2. The zero-order chi connectivity index (χ0) is 23.4. The van der Waals surface area contributed by atoms with Gasteiger partial charge in [0, 0.05) is 68.7 Å². The van der Waals surface area contributed by atoms with Crippen LogP contribution in [0.2, 0.25) is 5.02 Å². The molecule has 4 rings (SSSR count). The van der Waals surface area contributed by atoms with Gasteiger partial charge in [-0.05, 0) is 24.5 Å². The number of rotatable bonds is 7. The maximum Gasteiger partial charge on any atom is 0.241 e. The summed E-state index contributed by atoms with van der Waals surface area (Å²) in [6.07, 6.45) is 1.80. The molecule has 0 radical (unpaired) electrons. The van der Waals surface area contributed by atoms with Gasteiger partial charge in [0.25, 0.3) is 0 Å². The van der Waals surface area contributed by atoms with Gasteiger partial charge in [-0.1, -0.05) is 29.8 Å². The van der Waals surface area contributed by atoms with Gasteiger partial charge in [0.2, 0.25) is 17.7 Å². The van der Waals surface area contributed by atoms with E-state index in [0.29, 0.717) is 29.7 Å². The van der Waals surface area contributed by atoms with E-state index in [0.717, 1.165) is 25.9 Å². The lowest BCUT2D eigenvalue weighted by Crippen LogP contribution is -2.50. The van der Waals surface area contributed by atoms with Crippen LogP contribution in [-0.2, 0) is 24.5 Å². The second kappa shape index (κ2) is 10.8. The lowest BCUT2D eigenvalue weighted by molar-refractivity contribution is -0.143. The zero-order valence-corrected chi connectivity index (χ0v) is 20.7. The molecule has 33 heavy (non-hydrogen) atoms. The molecule has 3 aliphatic heterocycles. The molecule has 1 aromatic carbocycles. The predicted octanol–water partition coefficient (Wildman–Crippen LogP) is 2.41. The first-order valence-corrected chi connectivity index (χ1v) is 13.2. The number of thioether (sulfide) groups is 1. The van der Waals surface area contributed by atoms with Crippen molar-refractivity contribution in [1.29, 1.82) is 0 Å². The molecule has 0 N–H and O–H groups in total. The van der Waals surface area contributed by atoms with E-state index in [-0.39, 0.29) is 43.7 Å². The van der Waals surface area contributed by atoms with E-state index in [1.54, 1.807) is 24.3 Å². The summed E-state index contributed by atoms with van der Waals surface area (Å²) in [5.74, 6) is 1.63. The first-order chi connectivity index (χ1) is 16.0. The summed E-state index contributed by atoms with van der Waals surface area (Å²) in [6, 6.07) is 7.58. The molecule has 9 heteroatoms. The Morgan fingerprint density at radius 1 is 1.15 bits per heavy atom. The summed E-state index contributed by atoms with van der Waals surface area (Å²) in [7, 11) is 1.53. The molecule has 180 valence electrons. The number of imide groups is 1. The number of amides is 3. The van der Waals surface area contributed by atoms with Crippen LogP contribution in [0.25, 0.3) is 0 Å². The van der Waals surface area contributed by atoms with Crippen LogP contribution in [0.4, 0.5) is 0 Å². The third-order valence-corrected chi connectivity index (χ3v) is 8.42. The lowest BCUT2D eigenvalue weighted by Gasteiger charge is -2.40. The molecule has 0 aliphatic carbocycles. The Bertz CT molecular complexity index is 886. The second-order valence-electron chi connectivity index (χ2n) is 9.02. The van der Waals surface area contributed by atoms with Gasteiger partial charge in [-0.25, -0.2) is 0 Å². The van der Waals surface area contributed by atoms with E-state index in [1.165, 1.54) is 23.5 Å². The SMILES string of the molecule is COCCN1C(=O)C[C@](CC(=O)N2CCC(N3CCSCC3)CC2)(c2ccccc2Cl)C1=O. The van der Waals surface area contributed by atoms with E-state index in [1.807, 2.05) is 16.7 Å². The number of carbonyl (C=O) groups is 3. The molecule has 0 bridgehead atoms. The first-order valence-electron chi connectivity index (χ1n) is 11.6. The molecule has 3 fully saturated rings. The molecule has 7 nitrogen and oxygen atoms in total. The normalized spacial score (nSPS) is 25.2. The smallest absolute Gasteiger partial charge is 0.241 e. The topological polar surface area (TPSA) is 70.2 Å². The Balaban J connectivity index is 1.51. The van der Waals surface area contributed by atoms with Crippen molar-refractivity contribution in [2.24, 2.45) is 0 Å². The highest BCUT2D eigenvalue weighted by molar-refractivity contribution is 7.99. The summed E-state index contributed by atoms with van der Waals surface area (Å²) >= 11 is 8.50. The molecular formula is C24H32ClN3O4S. The number of halogens is 1. The van der Waals surface area contributed by atoms with Crippen molar-refractivity contribution < 1.29 is 19.1 Å². The number of ether oxygens (including phenoxy) is 1. The summed E-state index contributed by atoms with van der Waals surface area (Å²) in [5.41, 5.74) is -0.708. The van der Waals surface area contributed by atoms with Gasteiger partial charge in [-0.2, -0.15) is 11.8 Å². The van der Waals surface area contributed by atoms with Crippen LogP contribution in [0.3, 0.4) is 0 Å². The van der Waals surface area contributed by atoms with Crippen LogP contribution < -0.4 is 0 Å². The van der Waals surface area contributed by atoms with Crippen LogP contribution in [0.5, 0.6) is 0 Å². The Morgan fingerprint density at radius 2 is 1.85 bits per heavy atom. The molecule has 3 amide bonds. The minimum atomic E-state index is -1.26. The van der Waals surface area contributed by atoms with E-state index in [2.05, 4.69) is 4.90 Å². The standard InChI is InChI=1S/C24H32ClN3O4S/c1-32-13-10-28-22(30)17-24(23(28)31,19-4-2-3-5-20(19)25)16-21(29)27-8-6-18(7-9-27)26-11-14-33-15-12-26/h2-5,18H,6-17H2,1H3/t24-/m1/s1. The fourth-order valence-electron chi connectivity index (χ4n) is 5.30. The van der Waals surface area contributed by atoms with Gasteiger partial charge in [0.05, 0.1) is 18.6 Å². The summed E-state index contributed by atoms with van der Waals surface area (Å²) in [5, 5.41) is 0.404. The third kappa shape index (κ3) is 5.09. The zero-order valence-electron chi connectivity index (χ0n) is 19.1. The summed E-state index contributed by atoms with van der Waals surface area (Å²) < 4.78 is 5.08. The third-order valence-electron chi connectivity index (χ3n) is 7.15. The Hall–Kier alpha value is -1.61. The van der Waals surface area contributed by atoms with Crippen molar-refractivity contribution in [2.45, 2.75) is 37.1 Å². The minimum absolute atomic E-state index is 0.0458. The van der Waals surface area contributed by atoms with Gasteiger partial charge in [0.15, 0.2) is 0 Å². The molecule has 0 aromatic heterocycles. The van der Waals surface area contributed by atoms with Crippen molar-refractivity contribution in [3.8, 4) is 0 Å². The summed E-state index contributed by atoms with van der Waals surface area (Å²) in [6.45, 7) is 4.03. The molecule has 1 atom stereocenters. The van der Waals surface area contributed by atoms with Crippen LogP contribution in [-0.4, -0.2) is 96.4 Å². The number of piperidine rings is 1. The number of carbonyl (C=O) groups excluding carboxylic acids is 3. The second-order valence-corrected chi connectivity index (χ2v) is 10.7. The largest absolute Gasteiger partial charge is 0.383 e. The van der Waals surface area contributed by atoms with Crippen molar-refractivity contribution in [3.63, 3.8) is 0 Å². The predicted molar refractivity (Wildman–Crippen MR) is 129 cm³/mol. The number of nitrogens with zero attached hydrogens (tertiary/aromatic N) is 3. The molecule has 0 saturated carbocycles. The summed E-state index contributed by atoms with van der Waals surface area (Å²) in [4.78, 5) is 45.5. The van der Waals surface area contributed by atoms with Gasteiger partial charge < -0.3 is 9.64 Å². The first kappa shape index (κ1) is 24.5. The maximum atomic E-state index is 13.6. The molecule has 3 heterocycles. The fourth-order valence-corrected chi connectivity index (χ4v) is 6.54.